The van der Waals surface area contributed by atoms with Crippen molar-refractivity contribution in [2.45, 2.75) is 99.3 Å². The minimum absolute atomic E-state index is 0. The van der Waals surface area contributed by atoms with Crippen LogP contribution in [0.5, 0.6) is 0 Å². The number of fused-ring (bicyclic) bond motifs is 2. The number of hydrogen-bond donors (Lipinski definition) is 4. The fraction of sp³-hybridized carbons (Fsp3) is 0.321. The van der Waals surface area contributed by atoms with Crippen LogP contribution in [0.15, 0.2) is 82.8 Å². The van der Waals surface area contributed by atoms with Gasteiger partial charge in [-0.15, -0.1) is 12.4 Å². The Morgan fingerprint density at radius 2 is 1.10 bits per heavy atom. The molecular formula is C53H57Br2ClF2N16O7S3. The van der Waals surface area contributed by atoms with Gasteiger partial charge in [-0.1, -0.05) is 19.6 Å². The second-order valence-corrected chi connectivity index (χ2v) is 20.0. The number of aliphatic carboxylic acids is 1. The van der Waals surface area contributed by atoms with Crippen molar-refractivity contribution in [3.05, 3.63) is 117 Å². The molecule has 2 aliphatic heterocycles. The molecule has 2 aromatic carbocycles. The van der Waals surface area contributed by atoms with Gasteiger partial charge in [0.05, 0.1) is 47.4 Å². The lowest BCUT2D eigenvalue weighted by Gasteiger charge is -2.23. The Bertz CT molecular complexity index is 3700. The maximum Gasteiger partial charge on any atom is 0.325 e. The van der Waals surface area contributed by atoms with Gasteiger partial charge < -0.3 is 26.0 Å². The standard InChI is InChI=1S/C26H24BrFN8O3.C16H14N4O3.C10H12BrFN4O.CH4.ClH.S2.H2S/c1-13-25(27)32-22(10-29-13)33-26(39)21-7-18(28)11-35(21)23(38)12-36-20-5-4-16(17-8-30-15(3)31-9-17)6-19(20)24(34-36)14(2)37;1-9(21)16-13-5-11(12-6-17-10(2)18-7-12)3-4-14(13)20(19-16)8-15(22)23;1-5-9(11)15-8(4-13-5)16-10(17)7-2-6(12)3-14-7;;;1-2;/h4-6,8-10,18,21H,7,11-12H2,1-3H3,(H,32,33,39);3-7H,8H2,1-2H3,(H,22,23);4,6-7,14H,2-3H2,1H3,(H,15,16,17);1H4;1H;;1H2/t18-,21+;;6-,7+;;;;/m1.1..../s1. The van der Waals surface area contributed by atoms with Crippen LogP contribution >= 0.6 is 57.8 Å². The summed E-state index contributed by atoms with van der Waals surface area (Å²) in [5, 5.41) is 26.7. The zero-order chi connectivity index (χ0) is 58.8. The van der Waals surface area contributed by atoms with Gasteiger partial charge in [0.25, 0.3) is 0 Å². The number of carbonyl (C=O) groups is 6. The average molecular weight is 1360 g/mol. The summed E-state index contributed by atoms with van der Waals surface area (Å²) in [4.78, 5) is 108. The Balaban J connectivity index is 0.000000286. The van der Waals surface area contributed by atoms with Crippen LogP contribution in [0.4, 0.5) is 20.4 Å². The van der Waals surface area contributed by atoms with Crippen molar-refractivity contribution < 1.29 is 42.7 Å². The molecule has 3 amide bonds. The number of ketones is 2. The van der Waals surface area contributed by atoms with E-state index in [2.05, 4.69) is 120 Å². The smallest absolute Gasteiger partial charge is 0.325 e. The molecule has 8 heterocycles. The van der Waals surface area contributed by atoms with Crippen LogP contribution in [-0.2, 0) is 54.6 Å². The van der Waals surface area contributed by atoms with Crippen LogP contribution in [0.25, 0.3) is 44.1 Å². The van der Waals surface area contributed by atoms with Crippen molar-refractivity contribution in [3.8, 4) is 22.3 Å². The quantitative estimate of drug-likeness (QED) is 0.0845. The van der Waals surface area contributed by atoms with Gasteiger partial charge in [0.1, 0.15) is 63.7 Å². The molecule has 0 unspecified atom stereocenters. The Hall–Kier alpha value is -7.22. The molecule has 4 atom stereocenters. The SMILES string of the molecule is C.CC(=O)c1nn(CC(=O)N2C[C@H](F)C[C@H]2C(=O)Nc2cnc(C)c(Br)n2)c2ccc(-c3cnc(C)nc3)cc12.CC(=O)c1nn(CC(=O)O)c2ccc(-c3cnc(C)nc3)cc12.Cc1ncc(NC(=O)[C@@H]2C[C@@H](F)CN2)nc1Br.Cl.S.S=S. The Kier molecular flexibility index (Phi) is 25.6. The molecule has 0 aliphatic carbocycles. The molecule has 0 bridgehead atoms. The zero-order valence-electron chi connectivity index (χ0n) is 44.9. The number of anilines is 2. The van der Waals surface area contributed by atoms with Crippen molar-refractivity contribution in [1.82, 2.24) is 69.6 Å². The number of halogens is 5. The lowest BCUT2D eigenvalue weighted by atomic mass is 10.0. The number of nitrogens with zero attached hydrogens (tertiary/aromatic N) is 13. The molecule has 0 saturated carbocycles. The van der Waals surface area contributed by atoms with E-state index in [1.54, 1.807) is 70.7 Å². The average Bonchev–Trinajstić information content (AvgIpc) is 2.68. The van der Waals surface area contributed by atoms with Gasteiger partial charge in [-0.2, -0.15) is 23.7 Å². The summed E-state index contributed by atoms with van der Waals surface area (Å²) in [6.45, 7) is 9.38. The van der Waals surface area contributed by atoms with Gasteiger partial charge >= 0.3 is 5.97 Å². The summed E-state index contributed by atoms with van der Waals surface area (Å²) in [6.07, 6.45) is 7.41. The maximum atomic E-state index is 14.4. The monoisotopic (exact) mass is 1360 g/mol. The molecule has 6 aromatic heterocycles. The van der Waals surface area contributed by atoms with Gasteiger partial charge in [0, 0.05) is 102 Å². The summed E-state index contributed by atoms with van der Waals surface area (Å²) in [5.41, 5.74) is 6.23. The molecule has 444 valence electrons. The third-order valence-electron chi connectivity index (χ3n) is 12.5. The van der Waals surface area contributed by atoms with Crippen molar-refractivity contribution in [2.75, 3.05) is 23.7 Å². The number of alkyl halides is 2. The van der Waals surface area contributed by atoms with Crippen LogP contribution in [0.3, 0.4) is 0 Å². The molecule has 23 nitrogen and oxygen atoms in total. The van der Waals surface area contributed by atoms with Gasteiger partial charge in [-0.05, 0) is 94.9 Å². The van der Waals surface area contributed by atoms with E-state index in [0.29, 0.717) is 54.2 Å². The van der Waals surface area contributed by atoms with Crippen molar-refractivity contribution in [1.29, 1.82) is 0 Å². The van der Waals surface area contributed by atoms with E-state index in [9.17, 15) is 37.5 Å². The normalized spacial score (nSPS) is 15.7. The van der Waals surface area contributed by atoms with Gasteiger partial charge in [0.15, 0.2) is 23.2 Å². The third-order valence-corrected chi connectivity index (χ3v) is 14.0. The number of aryl methyl sites for hydroxylation is 4. The number of benzene rings is 2. The molecule has 31 heteroatoms. The van der Waals surface area contributed by atoms with Crippen LogP contribution in [0.1, 0.15) is 78.1 Å². The lowest BCUT2D eigenvalue weighted by molar-refractivity contribution is -0.138. The molecule has 2 aliphatic rings. The Labute approximate surface area is 520 Å². The van der Waals surface area contributed by atoms with Crippen molar-refractivity contribution in [2.24, 2.45) is 0 Å². The number of carboxylic acid groups (broad SMARTS) is 1. The Morgan fingerprint density at radius 3 is 1.50 bits per heavy atom. The number of aromatic nitrogens is 12. The van der Waals surface area contributed by atoms with Gasteiger partial charge in [-0.25, -0.2) is 38.7 Å². The second-order valence-electron chi connectivity index (χ2n) is 18.5. The van der Waals surface area contributed by atoms with E-state index in [-0.39, 0.29) is 107 Å². The first-order valence-corrected chi connectivity index (χ1v) is 27.4. The highest BCUT2D eigenvalue weighted by Gasteiger charge is 2.40. The number of carboxylic acids is 1. The summed E-state index contributed by atoms with van der Waals surface area (Å²) in [6, 6.07) is 9.27. The number of likely N-dealkylation sites (tertiary alicyclic amines) is 1. The summed E-state index contributed by atoms with van der Waals surface area (Å²) in [5.74, 6) is -0.977. The van der Waals surface area contributed by atoms with E-state index in [0.717, 1.165) is 27.9 Å². The lowest BCUT2D eigenvalue weighted by Crippen LogP contribution is -2.44. The Morgan fingerprint density at radius 1 is 0.655 bits per heavy atom. The summed E-state index contributed by atoms with van der Waals surface area (Å²) >= 11 is 13.8. The van der Waals surface area contributed by atoms with Crippen molar-refractivity contribution in [3.63, 3.8) is 0 Å². The summed E-state index contributed by atoms with van der Waals surface area (Å²) < 4.78 is 31.1. The molecule has 84 heavy (non-hydrogen) atoms. The maximum absolute atomic E-state index is 14.4. The zero-order valence-corrected chi connectivity index (χ0v) is 51.5. The van der Waals surface area contributed by atoms with E-state index < -0.39 is 42.2 Å². The largest absolute Gasteiger partial charge is 0.480 e. The van der Waals surface area contributed by atoms with Crippen LogP contribution in [0, 0.1) is 27.7 Å². The van der Waals surface area contributed by atoms with Crippen LogP contribution < -0.4 is 16.0 Å². The van der Waals surface area contributed by atoms with Crippen LogP contribution in [0.2, 0.25) is 0 Å². The third kappa shape index (κ3) is 17.2. The number of rotatable bonds is 12. The van der Waals surface area contributed by atoms with E-state index in [4.69, 9.17) is 5.11 Å². The molecule has 2 fully saturated rings. The fourth-order valence-electron chi connectivity index (χ4n) is 8.51. The molecule has 10 rings (SSSR count). The predicted molar refractivity (Wildman–Crippen MR) is 330 cm³/mol. The number of amides is 3. The number of nitrogens with one attached hydrogen (secondary N) is 3. The number of Topliss-reactive ketones (excluding diaryl/α,β-unsaturated/α-hetero) is 2. The first-order chi connectivity index (χ1) is 38.6. The van der Waals surface area contributed by atoms with Gasteiger partial charge in [-0.3, -0.25) is 48.1 Å². The highest BCUT2D eigenvalue weighted by atomic mass is 79.9. The van der Waals surface area contributed by atoms with Crippen molar-refractivity contribution >= 4 is 149 Å². The molecule has 8 aromatic rings. The minimum Gasteiger partial charge on any atom is -0.480 e. The first kappa shape index (κ1) is 69.3. The van der Waals surface area contributed by atoms with E-state index in [1.807, 2.05) is 18.2 Å². The van der Waals surface area contributed by atoms with E-state index in [1.165, 1.54) is 40.5 Å². The van der Waals surface area contributed by atoms with Crippen LogP contribution in [-0.4, -0.2) is 142 Å². The van der Waals surface area contributed by atoms with Gasteiger partial charge in [0.2, 0.25) is 17.7 Å². The minimum atomic E-state index is -1.36. The second kappa shape index (κ2) is 31.1. The number of carbonyl (C=O) groups excluding carboxylic acids is 5. The van der Waals surface area contributed by atoms with E-state index >= 15 is 0 Å². The molecular weight excluding hydrogens is 1300 g/mol. The highest BCUT2D eigenvalue weighted by Crippen LogP contribution is 2.30. The predicted octanol–water partition coefficient (Wildman–Crippen LogP) is 7.88. The molecule has 4 N–H and O–H groups in total. The summed E-state index contributed by atoms with van der Waals surface area (Å²) in [7, 11) is 0. The number of hydrogen-bond acceptors (Lipinski definition) is 19. The topological polar surface area (TPSA) is 301 Å². The fourth-order valence-corrected chi connectivity index (χ4v) is 9.09. The first-order valence-electron chi connectivity index (χ1n) is 24.5. The molecule has 0 radical (unpaired) electrons. The molecule has 2 saturated heterocycles. The molecule has 0 spiro atoms. The highest BCUT2D eigenvalue weighted by molar-refractivity contribution is 9.10.